The van der Waals surface area contributed by atoms with Gasteiger partial charge in [0.2, 0.25) is 0 Å². The molecular weight excluding hydrogens is 331 g/mol. The molecule has 2 aliphatic rings. The minimum Gasteiger partial charge on any atom is -0.361 e. The van der Waals surface area contributed by atoms with Crippen LogP contribution in [0.15, 0.2) is 54.7 Å². The van der Waals surface area contributed by atoms with Gasteiger partial charge in [-0.05, 0) is 49.2 Å². The number of aromatic amines is 1. The molecule has 5 nitrogen and oxygen atoms in total. The fourth-order valence-corrected chi connectivity index (χ4v) is 3.58. The molecule has 0 saturated heterocycles. The number of para-hydroxylation sites is 1. The van der Waals surface area contributed by atoms with E-state index in [1.54, 1.807) is 18.3 Å². The van der Waals surface area contributed by atoms with E-state index in [0.717, 1.165) is 35.3 Å². The number of carbonyl (C=O) groups is 1. The standard InChI is InChI=1S/C20H17FN4O/c21-13-7-5-12(6-8-13)18-16(11-22-24-18)19-23-17-4-2-1-3-15(17)20(26)25(19)14-9-10-14/h1-8,11,14,19,23H,9-10H2,(H,22,24)/t19-/m1/s1. The van der Waals surface area contributed by atoms with Crippen molar-refractivity contribution < 1.29 is 9.18 Å². The van der Waals surface area contributed by atoms with Gasteiger partial charge in [-0.3, -0.25) is 9.89 Å². The van der Waals surface area contributed by atoms with Crippen LogP contribution in [0, 0.1) is 5.82 Å². The molecule has 2 aromatic carbocycles. The van der Waals surface area contributed by atoms with Gasteiger partial charge in [0.25, 0.3) is 5.91 Å². The van der Waals surface area contributed by atoms with Crippen LogP contribution >= 0.6 is 0 Å². The normalized spacial score (nSPS) is 19.2. The average Bonchev–Trinajstić information content (AvgIpc) is 3.38. The molecule has 0 unspecified atom stereocenters. The third-order valence-corrected chi connectivity index (χ3v) is 5.00. The van der Waals surface area contributed by atoms with Crippen LogP contribution in [0.3, 0.4) is 0 Å². The Bertz CT molecular complexity index is 977. The van der Waals surface area contributed by atoms with E-state index in [1.807, 2.05) is 29.2 Å². The van der Waals surface area contributed by atoms with Gasteiger partial charge < -0.3 is 10.2 Å². The molecule has 1 fully saturated rings. The molecule has 0 spiro atoms. The molecule has 26 heavy (non-hydrogen) atoms. The number of halogens is 1. The number of benzene rings is 2. The minimum atomic E-state index is -0.302. The van der Waals surface area contributed by atoms with Crippen LogP contribution in [0.1, 0.15) is 34.9 Å². The van der Waals surface area contributed by atoms with E-state index in [0.29, 0.717) is 5.56 Å². The molecule has 2 N–H and O–H groups in total. The molecule has 0 radical (unpaired) electrons. The Morgan fingerprint density at radius 3 is 2.62 bits per heavy atom. The molecule has 1 aliphatic carbocycles. The Labute approximate surface area is 149 Å². The summed E-state index contributed by atoms with van der Waals surface area (Å²) in [6.07, 6.45) is 3.46. The van der Waals surface area contributed by atoms with Crippen LogP contribution < -0.4 is 5.32 Å². The van der Waals surface area contributed by atoms with Crippen molar-refractivity contribution in [1.29, 1.82) is 0 Å². The van der Waals surface area contributed by atoms with Crippen molar-refractivity contribution in [1.82, 2.24) is 15.1 Å². The van der Waals surface area contributed by atoms with Gasteiger partial charge in [-0.15, -0.1) is 0 Å². The van der Waals surface area contributed by atoms with Crippen molar-refractivity contribution in [3.05, 3.63) is 71.7 Å². The van der Waals surface area contributed by atoms with E-state index >= 15 is 0 Å². The molecule has 1 saturated carbocycles. The number of nitrogens with zero attached hydrogens (tertiary/aromatic N) is 2. The predicted molar refractivity (Wildman–Crippen MR) is 96.0 cm³/mol. The molecule has 1 atom stereocenters. The zero-order valence-electron chi connectivity index (χ0n) is 13.9. The second-order valence-electron chi connectivity index (χ2n) is 6.74. The highest BCUT2D eigenvalue weighted by molar-refractivity contribution is 6.02. The summed E-state index contributed by atoms with van der Waals surface area (Å²) in [5.41, 5.74) is 4.03. The van der Waals surface area contributed by atoms with Crippen molar-refractivity contribution >= 4 is 11.6 Å². The largest absolute Gasteiger partial charge is 0.361 e. The number of carbonyl (C=O) groups excluding carboxylic acids is 1. The van der Waals surface area contributed by atoms with Crippen LogP contribution in [0.4, 0.5) is 10.1 Å². The third-order valence-electron chi connectivity index (χ3n) is 5.00. The molecule has 1 aromatic heterocycles. The van der Waals surface area contributed by atoms with Gasteiger partial charge >= 0.3 is 0 Å². The van der Waals surface area contributed by atoms with Gasteiger partial charge in [0.05, 0.1) is 17.5 Å². The van der Waals surface area contributed by atoms with E-state index in [2.05, 4.69) is 15.5 Å². The second-order valence-corrected chi connectivity index (χ2v) is 6.74. The van der Waals surface area contributed by atoms with E-state index in [-0.39, 0.29) is 23.9 Å². The number of rotatable bonds is 3. The zero-order chi connectivity index (χ0) is 17.7. The summed E-state index contributed by atoms with van der Waals surface area (Å²) in [4.78, 5) is 15.0. The third kappa shape index (κ3) is 2.37. The Morgan fingerprint density at radius 2 is 1.85 bits per heavy atom. The van der Waals surface area contributed by atoms with Crippen LogP contribution in [0.2, 0.25) is 0 Å². The quantitative estimate of drug-likeness (QED) is 0.753. The second kappa shape index (κ2) is 5.69. The number of fused-ring (bicyclic) bond motifs is 1. The number of anilines is 1. The van der Waals surface area contributed by atoms with Crippen molar-refractivity contribution in [2.45, 2.75) is 25.0 Å². The van der Waals surface area contributed by atoms with E-state index < -0.39 is 0 Å². The maximum absolute atomic E-state index is 13.3. The first-order valence-corrected chi connectivity index (χ1v) is 8.70. The van der Waals surface area contributed by atoms with Crippen molar-refractivity contribution in [2.75, 3.05) is 5.32 Å². The Kier molecular flexibility index (Phi) is 3.31. The molecule has 1 amide bonds. The summed E-state index contributed by atoms with van der Waals surface area (Å²) < 4.78 is 13.3. The summed E-state index contributed by atoms with van der Waals surface area (Å²) in [7, 11) is 0. The Balaban J connectivity index is 1.60. The van der Waals surface area contributed by atoms with Crippen LogP contribution in [-0.2, 0) is 0 Å². The average molecular weight is 348 g/mol. The van der Waals surface area contributed by atoms with Gasteiger partial charge in [0.1, 0.15) is 12.0 Å². The Hall–Kier alpha value is -3.15. The van der Waals surface area contributed by atoms with Crippen LogP contribution in [-0.4, -0.2) is 27.0 Å². The molecular formula is C20H17FN4O. The van der Waals surface area contributed by atoms with Crippen molar-refractivity contribution in [3.8, 4) is 11.3 Å². The van der Waals surface area contributed by atoms with Gasteiger partial charge in [-0.2, -0.15) is 5.10 Å². The SMILES string of the molecule is O=C1c2ccccc2N[C@@H](c2cn[nH]c2-c2ccc(F)cc2)N1C1CC1. The molecule has 0 bridgehead atoms. The smallest absolute Gasteiger partial charge is 0.258 e. The first-order valence-electron chi connectivity index (χ1n) is 8.70. The number of H-pyrrole nitrogens is 1. The number of hydrogen-bond acceptors (Lipinski definition) is 3. The summed E-state index contributed by atoms with van der Waals surface area (Å²) in [5.74, 6) is -0.243. The van der Waals surface area contributed by atoms with Gasteiger partial charge in [-0.1, -0.05) is 12.1 Å². The summed E-state index contributed by atoms with van der Waals surface area (Å²) in [5, 5.41) is 10.7. The number of hydrogen-bond donors (Lipinski definition) is 2. The number of nitrogens with one attached hydrogen (secondary N) is 2. The molecule has 6 heteroatoms. The topological polar surface area (TPSA) is 61.0 Å². The molecule has 2 heterocycles. The van der Waals surface area contributed by atoms with E-state index in [1.165, 1.54) is 12.1 Å². The fourth-order valence-electron chi connectivity index (χ4n) is 3.58. The first kappa shape index (κ1) is 15.1. The molecule has 5 rings (SSSR count). The lowest BCUT2D eigenvalue weighted by Gasteiger charge is -2.38. The van der Waals surface area contributed by atoms with Gasteiger partial charge in [0, 0.05) is 22.9 Å². The predicted octanol–water partition coefficient (Wildman–Crippen LogP) is 3.94. The lowest BCUT2D eigenvalue weighted by molar-refractivity contribution is 0.0667. The summed E-state index contributed by atoms with van der Waals surface area (Å²) in [6, 6.07) is 14.1. The Morgan fingerprint density at radius 1 is 1.08 bits per heavy atom. The highest BCUT2D eigenvalue weighted by Gasteiger charge is 2.43. The van der Waals surface area contributed by atoms with Crippen molar-refractivity contribution in [3.63, 3.8) is 0 Å². The molecule has 1 aliphatic heterocycles. The van der Waals surface area contributed by atoms with Crippen molar-refractivity contribution in [2.24, 2.45) is 0 Å². The summed E-state index contributed by atoms with van der Waals surface area (Å²) in [6.45, 7) is 0. The van der Waals surface area contributed by atoms with E-state index in [9.17, 15) is 9.18 Å². The molecule has 130 valence electrons. The summed E-state index contributed by atoms with van der Waals surface area (Å²) >= 11 is 0. The van der Waals surface area contributed by atoms with Crippen LogP contribution in [0.25, 0.3) is 11.3 Å². The lowest BCUT2D eigenvalue weighted by atomic mass is 10.0. The van der Waals surface area contributed by atoms with E-state index in [4.69, 9.17) is 0 Å². The fraction of sp³-hybridized carbons (Fsp3) is 0.200. The van der Waals surface area contributed by atoms with Gasteiger partial charge in [0.15, 0.2) is 0 Å². The minimum absolute atomic E-state index is 0.0399. The maximum Gasteiger partial charge on any atom is 0.258 e. The monoisotopic (exact) mass is 348 g/mol. The number of amides is 1. The highest BCUT2D eigenvalue weighted by atomic mass is 19.1. The molecule has 3 aromatic rings. The van der Waals surface area contributed by atoms with Crippen LogP contribution in [0.5, 0.6) is 0 Å². The van der Waals surface area contributed by atoms with Gasteiger partial charge in [-0.25, -0.2) is 4.39 Å². The lowest BCUT2D eigenvalue weighted by Crippen LogP contribution is -2.44. The first-order chi connectivity index (χ1) is 12.7. The highest BCUT2D eigenvalue weighted by Crippen LogP contribution is 2.42. The maximum atomic E-state index is 13.3. The zero-order valence-corrected chi connectivity index (χ0v) is 13.9. The number of aromatic nitrogens is 2.